The second-order valence-corrected chi connectivity index (χ2v) is 6.75. The molecule has 126 valence electrons. The molecule has 0 aliphatic heterocycles. The molecule has 1 unspecified atom stereocenters. The first-order valence-corrected chi connectivity index (χ1v) is 9.10. The van der Waals surface area contributed by atoms with Gasteiger partial charge in [-0.2, -0.15) is 0 Å². The van der Waals surface area contributed by atoms with E-state index in [9.17, 15) is 4.79 Å². The molecule has 1 atom stereocenters. The van der Waals surface area contributed by atoms with E-state index < -0.39 is 0 Å². The maximum atomic E-state index is 12.3. The summed E-state index contributed by atoms with van der Waals surface area (Å²) < 4.78 is 5.96. The lowest BCUT2D eigenvalue weighted by Gasteiger charge is -2.15. The number of hydrogen-bond acceptors (Lipinski definition) is 2. The van der Waals surface area contributed by atoms with Crippen molar-refractivity contribution in [3.8, 4) is 5.75 Å². The van der Waals surface area contributed by atoms with Crippen molar-refractivity contribution < 1.29 is 9.53 Å². The molecule has 1 aromatic rings. The average molecular weight is 314 g/mol. The van der Waals surface area contributed by atoms with Gasteiger partial charge in [-0.15, -0.1) is 0 Å². The molecule has 2 heteroatoms. The molecule has 0 aromatic heterocycles. The van der Waals surface area contributed by atoms with Gasteiger partial charge in [0.1, 0.15) is 11.5 Å². The molecule has 1 aromatic carbocycles. The van der Waals surface area contributed by atoms with Crippen LogP contribution in [0, 0.1) is 12.8 Å². The van der Waals surface area contributed by atoms with Crippen LogP contribution in [0.25, 0.3) is 0 Å². The van der Waals surface area contributed by atoms with E-state index in [0.717, 1.165) is 29.9 Å². The normalized spacial score (nSPS) is 20.0. The minimum Gasteiger partial charge on any atom is -0.462 e. The maximum Gasteiger partial charge on any atom is 0.162 e. The smallest absolute Gasteiger partial charge is 0.162 e. The number of rotatable bonds is 8. The van der Waals surface area contributed by atoms with Gasteiger partial charge in [-0.1, -0.05) is 56.7 Å². The summed E-state index contributed by atoms with van der Waals surface area (Å²) >= 11 is 0. The third kappa shape index (κ3) is 5.23. The monoisotopic (exact) mass is 314 g/mol. The highest BCUT2D eigenvalue weighted by molar-refractivity contribution is 5.98. The van der Waals surface area contributed by atoms with E-state index in [1.54, 1.807) is 0 Å². The van der Waals surface area contributed by atoms with Gasteiger partial charge in [-0.3, -0.25) is 4.79 Å². The molecule has 0 spiro atoms. The first-order chi connectivity index (χ1) is 11.1. The van der Waals surface area contributed by atoms with Gasteiger partial charge in [-0.25, -0.2) is 0 Å². The van der Waals surface area contributed by atoms with Crippen LogP contribution in [-0.4, -0.2) is 5.78 Å². The molecule has 1 saturated carbocycles. The van der Waals surface area contributed by atoms with Crippen LogP contribution in [0.5, 0.6) is 5.75 Å². The molecule has 0 heterocycles. The van der Waals surface area contributed by atoms with Crippen LogP contribution in [0.4, 0.5) is 0 Å². The number of carbonyl (C=O) groups excluding carboxylic acids is 1. The second kappa shape index (κ2) is 8.90. The number of aryl methyl sites for hydroxylation is 1. The Hall–Kier alpha value is -1.57. The van der Waals surface area contributed by atoms with Gasteiger partial charge in [0, 0.05) is 12.0 Å². The van der Waals surface area contributed by atoms with E-state index in [-0.39, 0.29) is 5.78 Å². The fraction of sp³-hybridized carbons (Fsp3) is 0.571. The quantitative estimate of drug-likeness (QED) is 0.335. The van der Waals surface area contributed by atoms with Crippen molar-refractivity contribution in [2.24, 2.45) is 5.92 Å². The highest BCUT2D eigenvalue weighted by Crippen LogP contribution is 2.35. The summed E-state index contributed by atoms with van der Waals surface area (Å²) in [6, 6.07) is 8.01. The number of carbonyl (C=O) groups is 1. The Balaban J connectivity index is 1.97. The van der Waals surface area contributed by atoms with Crippen molar-refractivity contribution >= 4 is 5.78 Å². The third-order valence-electron chi connectivity index (χ3n) is 4.76. The zero-order chi connectivity index (χ0) is 16.7. The second-order valence-electron chi connectivity index (χ2n) is 6.75. The maximum absolute atomic E-state index is 12.3. The lowest BCUT2D eigenvalue weighted by Crippen LogP contribution is -2.08. The highest BCUT2D eigenvalue weighted by atomic mass is 16.5. The Labute approximate surface area is 140 Å². The number of Topliss-reactive ketones (excluding diaryl/α,β-unsaturated/α-hetero) is 1. The summed E-state index contributed by atoms with van der Waals surface area (Å²) in [7, 11) is 0. The van der Waals surface area contributed by atoms with Crippen molar-refractivity contribution in [3.05, 3.63) is 41.2 Å². The van der Waals surface area contributed by atoms with Gasteiger partial charge in [0.05, 0.1) is 0 Å². The van der Waals surface area contributed by atoms with Crippen LogP contribution in [-0.2, 0) is 4.79 Å². The minimum atomic E-state index is 0.285. The Morgan fingerprint density at radius 3 is 2.52 bits per heavy atom. The Bertz CT molecular complexity index is 539. The summed E-state index contributed by atoms with van der Waals surface area (Å²) in [6.45, 7) is 6.24. The molecule has 0 radical (unpaired) electrons. The van der Waals surface area contributed by atoms with E-state index in [1.807, 2.05) is 31.2 Å². The van der Waals surface area contributed by atoms with Gasteiger partial charge in [0.15, 0.2) is 5.78 Å². The molecule has 2 rings (SSSR count). The average Bonchev–Trinajstić information content (AvgIpc) is 2.90. The van der Waals surface area contributed by atoms with E-state index in [0.29, 0.717) is 12.3 Å². The Kier molecular flexibility index (Phi) is 6.88. The van der Waals surface area contributed by atoms with E-state index in [4.69, 9.17) is 4.74 Å². The van der Waals surface area contributed by atoms with Crippen molar-refractivity contribution in [2.45, 2.75) is 72.1 Å². The minimum absolute atomic E-state index is 0.285. The fourth-order valence-electron chi connectivity index (χ4n) is 3.42. The van der Waals surface area contributed by atoms with Crippen LogP contribution >= 0.6 is 0 Å². The third-order valence-corrected chi connectivity index (χ3v) is 4.76. The van der Waals surface area contributed by atoms with E-state index >= 15 is 0 Å². The summed E-state index contributed by atoms with van der Waals surface area (Å²) in [5.41, 5.74) is 2.16. The van der Waals surface area contributed by atoms with Crippen molar-refractivity contribution in [2.75, 3.05) is 0 Å². The van der Waals surface area contributed by atoms with Crippen LogP contribution < -0.4 is 4.74 Å². The standard InChI is InChI=1S/C21H30O2/c1-4-5-6-7-8-9-18-12-15-20(22)21(18)17(3)23-19-13-10-16(2)11-14-19/h10-11,13-14,18H,4-9,12,15H2,1-3H3/b21-17+. The van der Waals surface area contributed by atoms with Crippen molar-refractivity contribution in [1.82, 2.24) is 0 Å². The molecule has 0 bridgehead atoms. The number of ketones is 1. The summed E-state index contributed by atoms with van der Waals surface area (Å²) in [6.07, 6.45) is 9.22. The number of hydrogen-bond donors (Lipinski definition) is 0. The van der Waals surface area contributed by atoms with E-state index in [1.165, 1.54) is 37.7 Å². The zero-order valence-corrected chi connectivity index (χ0v) is 14.9. The van der Waals surface area contributed by atoms with Crippen molar-refractivity contribution in [3.63, 3.8) is 0 Å². The summed E-state index contributed by atoms with van der Waals surface area (Å²) in [5.74, 6) is 2.31. The van der Waals surface area contributed by atoms with Gasteiger partial charge < -0.3 is 4.74 Å². The molecule has 1 fully saturated rings. The number of unbranched alkanes of at least 4 members (excludes halogenated alkanes) is 4. The van der Waals surface area contributed by atoms with Gasteiger partial charge >= 0.3 is 0 Å². The molecule has 2 nitrogen and oxygen atoms in total. The molecule has 1 aliphatic rings. The van der Waals surface area contributed by atoms with Crippen LogP contribution in [0.15, 0.2) is 35.6 Å². The summed E-state index contributed by atoms with van der Waals surface area (Å²) in [5, 5.41) is 0. The Morgan fingerprint density at radius 1 is 1.13 bits per heavy atom. The topological polar surface area (TPSA) is 26.3 Å². The number of ether oxygens (including phenoxy) is 1. The first-order valence-electron chi connectivity index (χ1n) is 9.10. The number of benzene rings is 1. The predicted octanol–water partition coefficient (Wildman–Crippen LogP) is 5.99. The number of allylic oxidation sites excluding steroid dienone is 2. The van der Waals surface area contributed by atoms with Crippen LogP contribution in [0.2, 0.25) is 0 Å². The first kappa shape index (κ1) is 17.8. The largest absolute Gasteiger partial charge is 0.462 e. The predicted molar refractivity (Wildman–Crippen MR) is 95.6 cm³/mol. The molecule has 0 amide bonds. The van der Waals surface area contributed by atoms with Crippen LogP contribution in [0.3, 0.4) is 0 Å². The molecule has 0 N–H and O–H groups in total. The molecule has 1 aliphatic carbocycles. The SMILES string of the molecule is CCCCCCCC1CCC(=O)/C1=C(\C)Oc1ccc(C)cc1. The van der Waals surface area contributed by atoms with Crippen LogP contribution in [0.1, 0.15) is 70.8 Å². The lowest BCUT2D eigenvalue weighted by molar-refractivity contribution is -0.114. The summed E-state index contributed by atoms with van der Waals surface area (Å²) in [4.78, 5) is 12.3. The molecule has 0 saturated heterocycles. The molecule has 23 heavy (non-hydrogen) atoms. The van der Waals surface area contributed by atoms with Gasteiger partial charge in [0.25, 0.3) is 0 Å². The Morgan fingerprint density at radius 2 is 1.83 bits per heavy atom. The highest BCUT2D eigenvalue weighted by Gasteiger charge is 2.30. The lowest BCUT2D eigenvalue weighted by atomic mass is 9.94. The van der Waals surface area contributed by atoms with Crippen molar-refractivity contribution in [1.29, 1.82) is 0 Å². The van der Waals surface area contributed by atoms with Gasteiger partial charge in [-0.05, 0) is 44.7 Å². The molecular formula is C21H30O2. The van der Waals surface area contributed by atoms with E-state index in [2.05, 4.69) is 13.8 Å². The zero-order valence-electron chi connectivity index (χ0n) is 14.9. The fourth-order valence-corrected chi connectivity index (χ4v) is 3.42. The molecular weight excluding hydrogens is 284 g/mol. The van der Waals surface area contributed by atoms with Gasteiger partial charge in [0.2, 0.25) is 0 Å².